The number of hydrogen-bond donors (Lipinski definition) is 1. The van der Waals surface area contributed by atoms with Gasteiger partial charge in [-0.25, -0.2) is 0 Å². The van der Waals surface area contributed by atoms with E-state index in [4.69, 9.17) is 0 Å². The van der Waals surface area contributed by atoms with Gasteiger partial charge in [0.05, 0.1) is 5.92 Å². The van der Waals surface area contributed by atoms with E-state index in [1.807, 2.05) is 6.92 Å². The molecular weight excluding hydrogens is 242 g/mol. The van der Waals surface area contributed by atoms with Crippen LogP contribution in [-0.4, -0.2) is 59.9 Å². The number of nitrogens with one attached hydrogen (secondary N) is 1. The Labute approximate surface area is 114 Å². The molecule has 1 N–H and O–H groups in total. The van der Waals surface area contributed by atoms with Crippen LogP contribution in [0.5, 0.6) is 0 Å². The summed E-state index contributed by atoms with van der Waals surface area (Å²) in [7, 11) is 0. The number of rotatable bonds is 2. The highest BCUT2D eigenvalue weighted by molar-refractivity contribution is 5.89. The Balaban J connectivity index is 1.72. The molecule has 106 valence electrons. The SMILES string of the molecule is CCN1CC(C(=O)N2C3CCNCC2CC3)CC1=O. The van der Waals surface area contributed by atoms with Crippen LogP contribution in [0.2, 0.25) is 0 Å². The standard InChI is InChI=1S/C14H23N3O2/c1-2-16-9-10(7-13(16)18)14(19)17-11-3-4-12(17)8-15-6-5-11/h10-12,15H,2-9H2,1H3. The van der Waals surface area contributed by atoms with E-state index in [1.165, 1.54) is 0 Å². The Morgan fingerprint density at radius 1 is 1.32 bits per heavy atom. The van der Waals surface area contributed by atoms with E-state index in [1.54, 1.807) is 4.90 Å². The topological polar surface area (TPSA) is 52.7 Å². The number of nitrogens with zero attached hydrogens (tertiary/aromatic N) is 2. The summed E-state index contributed by atoms with van der Waals surface area (Å²) >= 11 is 0. The van der Waals surface area contributed by atoms with Gasteiger partial charge in [-0.3, -0.25) is 9.59 Å². The van der Waals surface area contributed by atoms with Crippen LogP contribution < -0.4 is 5.32 Å². The molecule has 2 bridgehead atoms. The van der Waals surface area contributed by atoms with Crippen LogP contribution >= 0.6 is 0 Å². The lowest BCUT2D eigenvalue weighted by Gasteiger charge is -2.30. The maximum absolute atomic E-state index is 12.7. The highest BCUT2D eigenvalue weighted by atomic mass is 16.2. The average Bonchev–Trinajstić information content (AvgIpc) is 2.88. The van der Waals surface area contributed by atoms with Crippen molar-refractivity contribution in [2.24, 2.45) is 5.92 Å². The van der Waals surface area contributed by atoms with Gasteiger partial charge in [0, 0.05) is 38.1 Å². The Kier molecular flexibility index (Phi) is 3.48. The molecule has 0 aromatic heterocycles. The Bertz CT molecular complexity index is 371. The monoisotopic (exact) mass is 265 g/mol. The van der Waals surface area contributed by atoms with Crippen molar-refractivity contribution in [3.63, 3.8) is 0 Å². The molecule has 2 amide bonds. The van der Waals surface area contributed by atoms with E-state index in [0.717, 1.165) is 38.9 Å². The van der Waals surface area contributed by atoms with Crippen LogP contribution in [0.25, 0.3) is 0 Å². The second-order valence-corrected chi connectivity index (χ2v) is 5.96. The van der Waals surface area contributed by atoms with Gasteiger partial charge in [-0.05, 0) is 32.7 Å². The van der Waals surface area contributed by atoms with E-state index in [2.05, 4.69) is 10.2 Å². The third kappa shape index (κ3) is 2.24. The summed E-state index contributed by atoms with van der Waals surface area (Å²) < 4.78 is 0. The Hall–Kier alpha value is -1.10. The maximum atomic E-state index is 12.7. The fourth-order valence-corrected chi connectivity index (χ4v) is 3.80. The summed E-state index contributed by atoms with van der Waals surface area (Å²) in [6, 6.07) is 0.754. The highest BCUT2D eigenvalue weighted by Crippen LogP contribution is 2.31. The predicted molar refractivity (Wildman–Crippen MR) is 71.5 cm³/mol. The van der Waals surface area contributed by atoms with Crippen molar-refractivity contribution in [2.75, 3.05) is 26.2 Å². The molecule has 3 aliphatic heterocycles. The van der Waals surface area contributed by atoms with Crippen molar-refractivity contribution in [3.8, 4) is 0 Å². The first-order valence-corrected chi connectivity index (χ1v) is 7.51. The molecule has 5 nitrogen and oxygen atoms in total. The third-order valence-electron chi connectivity index (χ3n) is 4.85. The quantitative estimate of drug-likeness (QED) is 0.776. The molecule has 0 radical (unpaired) electrons. The van der Waals surface area contributed by atoms with E-state index in [-0.39, 0.29) is 17.7 Å². The van der Waals surface area contributed by atoms with Gasteiger partial charge in [0.2, 0.25) is 11.8 Å². The molecule has 0 saturated carbocycles. The summed E-state index contributed by atoms with van der Waals surface area (Å²) in [5, 5.41) is 3.41. The predicted octanol–water partition coefficient (Wildman–Crippen LogP) is 0.208. The fourth-order valence-electron chi connectivity index (χ4n) is 3.80. The minimum Gasteiger partial charge on any atom is -0.342 e. The molecule has 0 aromatic carbocycles. The van der Waals surface area contributed by atoms with Crippen LogP contribution in [0.1, 0.15) is 32.6 Å². The zero-order valence-corrected chi connectivity index (χ0v) is 11.6. The molecule has 19 heavy (non-hydrogen) atoms. The second-order valence-electron chi connectivity index (χ2n) is 5.96. The first-order valence-electron chi connectivity index (χ1n) is 7.51. The maximum Gasteiger partial charge on any atom is 0.228 e. The fraction of sp³-hybridized carbons (Fsp3) is 0.857. The van der Waals surface area contributed by atoms with Gasteiger partial charge in [-0.15, -0.1) is 0 Å². The first kappa shape index (κ1) is 12.9. The van der Waals surface area contributed by atoms with Gasteiger partial charge in [0.15, 0.2) is 0 Å². The number of amides is 2. The molecule has 3 atom stereocenters. The number of hydrogen-bond acceptors (Lipinski definition) is 3. The molecule has 5 heteroatoms. The van der Waals surface area contributed by atoms with Crippen LogP contribution in [0.15, 0.2) is 0 Å². The van der Waals surface area contributed by atoms with Crippen molar-refractivity contribution in [3.05, 3.63) is 0 Å². The van der Waals surface area contributed by atoms with Gasteiger partial charge < -0.3 is 15.1 Å². The van der Waals surface area contributed by atoms with Gasteiger partial charge in [-0.2, -0.15) is 0 Å². The summed E-state index contributed by atoms with van der Waals surface area (Å²) in [4.78, 5) is 28.4. The van der Waals surface area contributed by atoms with E-state index >= 15 is 0 Å². The molecule has 3 fully saturated rings. The lowest BCUT2D eigenvalue weighted by Crippen LogP contribution is -2.46. The highest BCUT2D eigenvalue weighted by Gasteiger charge is 2.43. The molecule has 0 aromatic rings. The lowest BCUT2D eigenvalue weighted by atomic mass is 10.1. The van der Waals surface area contributed by atoms with Crippen LogP contribution in [-0.2, 0) is 9.59 Å². The zero-order chi connectivity index (χ0) is 13.4. The van der Waals surface area contributed by atoms with Crippen LogP contribution in [0, 0.1) is 5.92 Å². The van der Waals surface area contributed by atoms with Crippen LogP contribution in [0.3, 0.4) is 0 Å². The third-order valence-corrected chi connectivity index (χ3v) is 4.85. The van der Waals surface area contributed by atoms with Gasteiger partial charge in [0.25, 0.3) is 0 Å². The summed E-state index contributed by atoms with van der Waals surface area (Å²) in [5.74, 6) is 0.260. The molecular formula is C14H23N3O2. The summed E-state index contributed by atoms with van der Waals surface area (Å²) in [6.45, 7) is 5.24. The number of fused-ring (bicyclic) bond motifs is 2. The Morgan fingerprint density at radius 3 is 2.84 bits per heavy atom. The largest absolute Gasteiger partial charge is 0.342 e. The minimum atomic E-state index is -0.103. The van der Waals surface area contributed by atoms with Crippen molar-refractivity contribution in [2.45, 2.75) is 44.7 Å². The molecule has 3 saturated heterocycles. The second kappa shape index (κ2) is 5.12. The molecule has 3 rings (SSSR count). The number of carbonyl (C=O) groups is 2. The molecule has 3 heterocycles. The van der Waals surface area contributed by atoms with E-state index < -0.39 is 0 Å². The van der Waals surface area contributed by atoms with Crippen molar-refractivity contribution in [1.82, 2.24) is 15.1 Å². The van der Waals surface area contributed by atoms with Crippen molar-refractivity contribution >= 4 is 11.8 Å². The molecule has 3 unspecified atom stereocenters. The number of likely N-dealkylation sites (tertiary alicyclic amines) is 1. The van der Waals surface area contributed by atoms with Crippen molar-refractivity contribution in [1.29, 1.82) is 0 Å². The van der Waals surface area contributed by atoms with Gasteiger partial charge >= 0.3 is 0 Å². The zero-order valence-electron chi connectivity index (χ0n) is 11.6. The molecule has 3 aliphatic rings. The molecule has 0 aliphatic carbocycles. The average molecular weight is 265 g/mol. The van der Waals surface area contributed by atoms with E-state index in [9.17, 15) is 9.59 Å². The summed E-state index contributed by atoms with van der Waals surface area (Å²) in [6.07, 6.45) is 3.72. The minimum absolute atomic E-state index is 0.103. The van der Waals surface area contributed by atoms with Crippen molar-refractivity contribution < 1.29 is 9.59 Å². The van der Waals surface area contributed by atoms with Gasteiger partial charge in [-0.1, -0.05) is 0 Å². The normalized spacial score (nSPS) is 34.8. The van der Waals surface area contributed by atoms with E-state index in [0.29, 0.717) is 25.0 Å². The smallest absolute Gasteiger partial charge is 0.228 e. The first-order chi connectivity index (χ1) is 9.20. The summed E-state index contributed by atoms with van der Waals surface area (Å²) in [5.41, 5.74) is 0. The molecule has 0 spiro atoms. The lowest BCUT2D eigenvalue weighted by molar-refractivity contribution is -0.138. The van der Waals surface area contributed by atoms with Crippen LogP contribution in [0.4, 0.5) is 0 Å². The Morgan fingerprint density at radius 2 is 2.11 bits per heavy atom. The van der Waals surface area contributed by atoms with Gasteiger partial charge in [0.1, 0.15) is 0 Å². The number of carbonyl (C=O) groups excluding carboxylic acids is 2.